The second kappa shape index (κ2) is 10.0. The van der Waals surface area contributed by atoms with Gasteiger partial charge < -0.3 is 20.5 Å². The number of carbonyl (C=O) groups is 3. The number of aromatic nitrogens is 2. The van der Waals surface area contributed by atoms with E-state index in [-0.39, 0.29) is 36.6 Å². The largest absolute Gasteiger partial charge is 0.346 e. The number of fused-ring (bicyclic) bond motifs is 2. The third-order valence-electron chi connectivity index (χ3n) is 6.46. The van der Waals surface area contributed by atoms with Crippen molar-refractivity contribution in [3.05, 3.63) is 95.8 Å². The first kappa shape index (κ1) is 23.3. The van der Waals surface area contributed by atoms with Gasteiger partial charge in [-0.2, -0.15) is 0 Å². The number of amides is 3. The molecule has 5 rings (SSSR count). The van der Waals surface area contributed by atoms with Gasteiger partial charge in [-0.25, -0.2) is 4.98 Å². The molecule has 0 saturated carbocycles. The Labute approximate surface area is 208 Å². The van der Waals surface area contributed by atoms with Gasteiger partial charge in [0.15, 0.2) is 0 Å². The van der Waals surface area contributed by atoms with Crippen molar-refractivity contribution in [1.82, 2.24) is 20.2 Å². The van der Waals surface area contributed by atoms with Gasteiger partial charge in [-0.05, 0) is 42.7 Å². The molecule has 3 aromatic carbocycles. The lowest BCUT2D eigenvalue weighted by molar-refractivity contribution is -0.122. The molecule has 0 fully saturated rings. The minimum absolute atomic E-state index is 0.0734. The van der Waals surface area contributed by atoms with Crippen molar-refractivity contribution in [3.8, 4) is 0 Å². The first-order valence-corrected chi connectivity index (χ1v) is 11.9. The van der Waals surface area contributed by atoms with Crippen molar-refractivity contribution < 1.29 is 14.4 Å². The number of nitrogens with one attached hydrogen (secondary N) is 3. The van der Waals surface area contributed by atoms with E-state index in [9.17, 15) is 14.4 Å². The van der Waals surface area contributed by atoms with Crippen LogP contribution in [0.4, 0.5) is 5.69 Å². The molecule has 36 heavy (non-hydrogen) atoms. The summed E-state index contributed by atoms with van der Waals surface area (Å²) in [6, 6.07) is 23.5. The summed E-state index contributed by atoms with van der Waals surface area (Å²) in [6.45, 7) is 0. The average Bonchev–Trinajstić information content (AvgIpc) is 3.17. The predicted octanol–water partition coefficient (Wildman–Crippen LogP) is 3.50. The maximum atomic E-state index is 13.1. The van der Waals surface area contributed by atoms with Gasteiger partial charge in [0, 0.05) is 13.5 Å². The first-order chi connectivity index (χ1) is 17.5. The van der Waals surface area contributed by atoms with Gasteiger partial charge in [-0.3, -0.25) is 14.4 Å². The van der Waals surface area contributed by atoms with Gasteiger partial charge in [-0.15, -0.1) is 0 Å². The highest BCUT2D eigenvalue weighted by Gasteiger charge is 2.28. The third-order valence-corrected chi connectivity index (χ3v) is 6.46. The molecule has 1 aliphatic rings. The van der Waals surface area contributed by atoms with Crippen LogP contribution in [-0.4, -0.2) is 33.3 Å². The highest BCUT2D eigenvalue weighted by Crippen LogP contribution is 2.23. The molecule has 1 unspecified atom stereocenters. The molecule has 2 atom stereocenters. The van der Waals surface area contributed by atoms with E-state index in [1.54, 1.807) is 24.3 Å². The van der Waals surface area contributed by atoms with Crippen molar-refractivity contribution in [2.45, 2.75) is 31.3 Å². The summed E-state index contributed by atoms with van der Waals surface area (Å²) < 4.78 is 2.00. The number of hydrogen-bond acceptors (Lipinski definition) is 4. The van der Waals surface area contributed by atoms with Crippen molar-refractivity contribution >= 4 is 34.4 Å². The fraction of sp³-hybridized carbons (Fsp3) is 0.214. The van der Waals surface area contributed by atoms with Gasteiger partial charge in [-0.1, -0.05) is 54.6 Å². The molecule has 8 heteroatoms. The summed E-state index contributed by atoms with van der Waals surface area (Å²) in [4.78, 5) is 43.2. The van der Waals surface area contributed by atoms with Crippen LogP contribution in [-0.2, 0) is 23.1 Å². The van der Waals surface area contributed by atoms with Gasteiger partial charge >= 0.3 is 0 Å². The topological polar surface area (TPSA) is 105 Å². The fourth-order valence-electron chi connectivity index (χ4n) is 4.59. The number of carbonyl (C=O) groups excluding carboxylic acids is 3. The van der Waals surface area contributed by atoms with E-state index in [2.05, 4.69) is 16.0 Å². The lowest BCUT2D eigenvalue weighted by atomic mass is 10.0. The molecule has 0 aliphatic carbocycles. The van der Waals surface area contributed by atoms with Crippen molar-refractivity contribution in [3.63, 3.8) is 0 Å². The lowest BCUT2D eigenvalue weighted by Crippen LogP contribution is -2.42. The molecular weight excluding hydrogens is 454 g/mol. The highest BCUT2D eigenvalue weighted by molar-refractivity contribution is 6.09. The zero-order valence-electron chi connectivity index (χ0n) is 19.9. The molecule has 0 saturated heterocycles. The number of para-hydroxylation sites is 3. The van der Waals surface area contributed by atoms with Gasteiger partial charge in [0.1, 0.15) is 11.9 Å². The number of rotatable bonds is 7. The van der Waals surface area contributed by atoms with Gasteiger partial charge in [0.05, 0.1) is 28.3 Å². The first-order valence-electron chi connectivity index (χ1n) is 11.9. The van der Waals surface area contributed by atoms with E-state index in [0.717, 1.165) is 22.4 Å². The quantitative estimate of drug-likeness (QED) is 0.376. The van der Waals surface area contributed by atoms with Crippen molar-refractivity contribution in [2.75, 3.05) is 5.32 Å². The number of imidazole rings is 1. The summed E-state index contributed by atoms with van der Waals surface area (Å²) in [5.74, 6) is -0.135. The third kappa shape index (κ3) is 4.84. The standard InChI is InChI=1S/C28H27N5O3/c1-33-24-14-8-7-13-21(24)30-26(33)23(17-18-9-3-2-4-10-18)29-25(34)16-15-22-28(36)31-20-12-6-5-11-19(20)27(35)32-22/h2-14,22-23H,15-17H2,1H3,(H,29,34)(H,31,36)(H,32,35)/t22?,23-/m0/s1. The maximum absolute atomic E-state index is 13.1. The van der Waals surface area contributed by atoms with Crippen LogP contribution in [0, 0.1) is 0 Å². The lowest BCUT2D eigenvalue weighted by Gasteiger charge is -2.20. The van der Waals surface area contributed by atoms with Crippen molar-refractivity contribution in [2.24, 2.45) is 7.05 Å². The molecule has 1 aromatic heterocycles. The molecule has 0 radical (unpaired) electrons. The second-order valence-corrected chi connectivity index (χ2v) is 8.93. The van der Waals surface area contributed by atoms with Gasteiger partial charge in [0.2, 0.25) is 11.8 Å². The molecule has 3 N–H and O–H groups in total. The van der Waals surface area contributed by atoms with Crippen LogP contribution < -0.4 is 16.0 Å². The van der Waals surface area contributed by atoms with Crippen LogP contribution in [0.1, 0.15) is 40.6 Å². The Morgan fingerprint density at radius 1 is 1.00 bits per heavy atom. The normalized spacial score (nSPS) is 16.0. The number of anilines is 1. The van der Waals surface area contributed by atoms with Crippen LogP contribution >= 0.6 is 0 Å². The van der Waals surface area contributed by atoms with Gasteiger partial charge in [0.25, 0.3) is 5.91 Å². The molecule has 1 aliphatic heterocycles. The summed E-state index contributed by atoms with van der Waals surface area (Å²) in [7, 11) is 1.94. The van der Waals surface area contributed by atoms with E-state index < -0.39 is 6.04 Å². The predicted molar refractivity (Wildman–Crippen MR) is 137 cm³/mol. The molecule has 0 bridgehead atoms. The Balaban J connectivity index is 1.31. The summed E-state index contributed by atoms with van der Waals surface area (Å²) in [6.07, 6.45) is 0.821. The molecule has 2 heterocycles. The zero-order valence-corrected chi connectivity index (χ0v) is 19.9. The second-order valence-electron chi connectivity index (χ2n) is 8.93. The monoisotopic (exact) mass is 481 g/mol. The maximum Gasteiger partial charge on any atom is 0.254 e. The Morgan fingerprint density at radius 2 is 1.72 bits per heavy atom. The van der Waals surface area contributed by atoms with E-state index in [1.165, 1.54) is 0 Å². The number of hydrogen-bond donors (Lipinski definition) is 3. The van der Waals surface area contributed by atoms with Crippen LogP contribution in [0.3, 0.4) is 0 Å². The Kier molecular flexibility index (Phi) is 6.49. The minimum atomic E-state index is -0.807. The Hall–Kier alpha value is -4.46. The molecule has 182 valence electrons. The summed E-state index contributed by atoms with van der Waals surface area (Å²) in [5.41, 5.74) is 3.79. The Bertz CT molecular complexity index is 1430. The molecule has 0 spiro atoms. The Morgan fingerprint density at radius 3 is 2.53 bits per heavy atom. The summed E-state index contributed by atoms with van der Waals surface area (Å²) >= 11 is 0. The smallest absolute Gasteiger partial charge is 0.254 e. The van der Waals surface area contributed by atoms with Crippen molar-refractivity contribution in [1.29, 1.82) is 0 Å². The van der Waals surface area contributed by atoms with E-state index in [0.29, 0.717) is 17.7 Å². The number of benzene rings is 3. The number of nitrogens with zero attached hydrogens (tertiary/aromatic N) is 2. The van der Waals surface area contributed by atoms with Crippen LogP contribution in [0.15, 0.2) is 78.9 Å². The minimum Gasteiger partial charge on any atom is -0.346 e. The zero-order chi connectivity index (χ0) is 25.1. The van der Waals surface area contributed by atoms with Crippen LogP contribution in [0.5, 0.6) is 0 Å². The molecule has 4 aromatic rings. The number of aryl methyl sites for hydroxylation is 1. The molecular formula is C28H27N5O3. The van der Waals surface area contributed by atoms with Crippen LogP contribution in [0.25, 0.3) is 11.0 Å². The molecule has 3 amide bonds. The van der Waals surface area contributed by atoms with E-state index in [1.807, 2.05) is 66.2 Å². The summed E-state index contributed by atoms with van der Waals surface area (Å²) in [5, 5.41) is 8.64. The van der Waals surface area contributed by atoms with E-state index in [4.69, 9.17) is 4.98 Å². The average molecular weight is 482 g/mol. The van der Waals surface area contributed by atoms with E-state index >= 15 is 0 Å². The van der Waals surface area contributed by atoms with Crippen LogP contribution in [0.2, 0.25) is 0 Å². The highest BCUT2D eigenvalue weighted by atomic mass is 16.2. The molecule has 8 nitrogen and oxygen atoms in total. The SMILES string of the molecule is Cn1c([C@H](Cc2ccccc2)NC(=O)CCC2NC(=O)c3ccccc3NC2=O)nc2ccccc21. The fourth-order valence-corrected chi connectivity index (χ4v) is 4.59.